The van der Waals surface area contributed by atoms with Crippen LogP contribution in [0.4, 0.5) is 10.1 Å². The highest BCUT2D eigenvalue weighted by Crippen LogP contribution is 2.27. The lowest BCUT2D eigenvalue weighted by molar-refractivity contribution is -0.128. The minimum absolute atomic E-state index is 0.0232. The van der Waals surface area contributed by atoms with E-state index in [0.29, 0.717) is 18.5 Å². The largest absolute Gasteiger partial charge is 0.336 e. The first-order valence-electron chi connectivity index (χ1n) is 8.84. The Morgan fingerprint density at radius 2 is 2.04 bits per heavy atom. The van der Waals surface area contributed by atoms with Crippen molar-refractivity contribution in [2.75, 3.05) is 18.9 Å². The van der Waals surface area contributed by atoms with Crippen LogP contribution in [0, 0.1) is 17.1 Å². The van der Waals surface area contributed by atoms with Crippen LogP contribution >= 0.6 is 0 Å². The fraction of sp³-hybridized carbons (Fsp3) is 0.526. The van der Waals surface area contributed by atoms with Crippen LogP contribution in [0.15, 0.2) is 24.3 Å². The number of likely N-dealkylation sites (N-methyl/N-ethyl adjacent to an activating group) is 1. The summed E-state index contributed by atoms with van der Waals surface area (Å²) in [5.74, 6) is -1.04. The Balaban J connectivity index is 1.89. The number of nitriles is 1. The van der Waals surface area contributed by atoms with Crippen LogP contribution < -0.4 is 10.6 Å². The van der Waals surface area contributed by atoms with E-state index in [1.165, 1.54) is 18.2 Å². The minimum atomic E-state index is -0.797. The Hall–Kier alpha value is -2.46. The molecule has 1 atom stereocenters. The third kappa shape index (κ3) is 5.27. The molecule has 2 N–H and O–H groups in total. The summed E-state index contributed by atoms with van der Waals surface area (Å²) in [6.07, 6.45) is 4.24. The third-order valence-electron chi connectivity index (χ3n) is 4.83. The Morgan fingerprint density at radius 1 is 1.35 bits per heavy atom. The predicted octanol–water partition coefficient (Wildman–Crippen LogP) is 2.43. The highest BCUT2D eigenvalue weighted by atomic mass is 19.1. The van der Waals surface area contributed by atoms with Gasteiger partial charge in [-0.2, -0.15) is 5.26 Å². The summed E-state index contributed by atoms with van der Waals surface area (Å²) in [4.78, 5) is 26.2. The Morgan fingerprint density at radius 3 is 2.65 bits per heavy atom. The maximum atomic E-state index is 13.2. The second kappa shape index (κ2) is 8.77. The molecule has 0 spiro atoms. The summed E-state index contributed by atoms with van der Waals surface area (Å²) in [6.45, 7) is 1.67. The van der Waals surface area contributed by atoms with Crippen LogP contribution in [0.25, 0.3) is 0 Å². The highest BCUT2D eigenvalue weighted by molar-refractivity contribution is 5.92. The zero-order chi connectivity index (χ0) is 19.2. The van der Waals surface area contributed by atoms with E-state index in [9.17, 15) is 19.2 Å². The summed E-state index contributed by atoms with van der Waals surface area (Å²) >= 11 is 0. The van der Waals surface area contributed by atoms with Crippen LogP contribution in [0.2, 0.25) is 0 Å². The summed E-state index contributed by atoms with van der Waals surface area (Å²) < 4.78 is 13.2. The molecule has 1 unspecified atom stereocenters. The van der Waals surface area contributed by atoms with E-state index >= 15 is 0 Å². The minimum Gasteiger partial charge on any atom is -0.336 e. The molecule has 1 fully saturated rings. The number of carbonyl (C=O) groups excluding carboxylic acids is 2. The number of nitrogens with zero attached hydrogens (tertiary/aromatic N) is 2. The van der Waals surface area contributed by atoms with Gasteiger partial charge in [0.2, 0.25) is 11.8 Å². The smallest absolute Gasteiger partial charge is 0.238 e. The molecule has 6 nitrogen and oxygen atoms in total. The molecule has 0 saturated heterocycles. The van der Waals surface area contributed by atoms with E-state index < -0.39 is 17.4 Å². The number of carbonyl (C=O) groups is 2. The molecular formula is C19H25FN4O2. The van der Waals surface area contributed by atoms with E-state index in [-0.39, 0.29) is 18.4 Å². The highest BCUT2D eigenvalue weighted by Gasteiger charge is 2.35. The summed E-state index contributed by atoms with van der Waals surface area (Å²) in [7, 11) is 1.66. The standard InChI is InChI=1S/C19H25FN4O2/c1-14(18(26)23-19(13-21)9-4-3-5-10-19)24(2)12-17(25)22-16-8-6-7-15(20)11-16/h6-8,11,14H,3-5,9-10,12H2,1-2H3,(H,22,25)(H,23,26). The van der Waals surface area contributed by atoms with Crippen molar-refractivity contribution in [1.29, 1.82) is 5.26 Å². The van der Waals surface area contributed by atoms with E-state index in [1.54, 1.807) is 24.9 Å². The van der Waals surface area contributed by atoms with Gasteiger partial charge in [0.25, 0.3) is 0 Å². The number of anilines is 1. The van der Waals surface area contributed by atoms with Gasteiger partial charge < -0.3 is 10.6 Å². The number of rotatable bonds is 6. The molecular weight excluding hydrogens is 335 g/mol. The van der Waals surface area contributed by atoms with Crippen molar-refractivity contribution in [2.24, 2.45) is 0 Å². The van der Waals surface area contributed by atoms with Crippen molar-refractivity contribution in [3.05, 3.63) is 30.1 Å². The molecule has 0 aromatic heterocycles. The molecule has 0 bridgehead atoms. The SMILES string of the molecule is CC(C(=O)NC1(C#N)CCCCC1)N(C)CC(=O)Nc1cccc(F)c1. The predicted molar refractivity (Wildman–Crippen MR) is 96.7 cm³/mol. The second-order valence-electron chi connectivity index (χ2n) is 6.89. The van der Waals surface area contributed by atoms with Crippen molar-refractivity contribution >= 4 is 17.5 Å². The Kier molecular flexibility index (Phi) is 6.70. The maximum Gasteiger partial charge on any atom is 0.238 e. The molecule has 2 amide bonds. The fourth-order valence-electron chi connectivity index (χ4n) is 3.09. The lowest BCUT2D eigenvalue weighted by atomic mass is 9.82. The normalized spacial score (nSPS) is 17.2. The van der Waals surface area contributed by atoms with Gasteiger partial charge in [-0.05, 0) is 45.0 Å². The molecule has 1 aliphatic rings. The molecule has 0 aliphatic heterocycles. The fourth-order valence-corrected chi connectivity index (χ4v) is 3.09. The zero-order valence-electron chi connectivity index (χ0n) is 15.2. The molecule has 1 aromatic rings. The molecule has 0 heterocycles. The molecule has 140 valence electrons. The number of nitrogens with one attached hydrogen (secondary N) is 2. The first kappa shape index (κ1) is 19.9. The molecule has 7 heteroatoms. The van der Waals surface area contributed by atoms with Crippen LogP contribution in [-0.4, -0.2) is 41.9 Å². The summed E-state index contributed by atoms with van der Waals surface area (Å²) in [6, 6.07) is 7.32. The number of hydrogen-bond donors (Lipinski definition) is 2. The Labute approximate surface area is 153 Å². The summed E-state index contributed by atoms with van der Waals surface area (Å²) in [5, 5.41) is 14.9. The van der Waals surface area contributed by atoms with E-state index in [0.717, 1.165) is 19.3 Å². The van der Waals surface area contributed by atoms with Crippen molar-refractivity contribution in [2.45, 2.75) is 50.6 Å². The van der Waals surface area contributed by atoms with Crippen molar-refractivity contribution in [1.82, 2.24) is 10.2 Å². The van der Waals surface area contributed by atoms with Gasteiger partial charge in [0.15, 0.2) is 0 Å². The van der Waals surface area contributed by atoms with Crippen molar-refractivity contribution in [3.8, 4) is 6.07 Å². The first-order chi connectivity index (χ1) is 12.3. The number of amides is 2. The van der Waals surface area contributed by atoms with Gasteiger partial charge in [-0.25, -0.2) is 4.39 Å². The quantitative estimate of drug-likeness (QED) is 0.816. The van der Waals surface area contributed by atoms with E-state index in [1.807, 2.05) is 0 Å². The maximum absolute atomic E-state index is 13.2. The molecule has 1 aliphatic carbocycles. The Bertz CT molecular complexity index is 695. The average molecular weight is 360 g/mol. The number of hydrogen-bond acceptors (Lipinski definition) is 4. The van der Waals surface area contributed by atoms with E-state index in [2.05, 4.69) is 16.7 Å². The molecule has 26 heavy (non-hydrogen) atoms. The van der Waals surface area contributed by atoms with E-state index in [4.69, 9.17) is 0 Å². The first-order valence-corrected chi connectivity index (χ1v) is 8.84. The van der Waals surface area contributed by atoms with Crippen LogP contribution in [0.1, 0.15) is 39.0 Å². The summed E-state index contributed by atoms with van der Waals surface area (Å²) in [5.41, 5.74) is -0.431. The monoisotopic (exact) mass is 360 g/mol. The molecule has 1 aromatic carbocycles. The van der Waals surface area contributed by atoms with Crippen molar-refractivity contribution < 1.29 is 14.0 Å². The molecule has 1 saturated carbocycles. The molecule has 2 rings (SSSR count). The number of halogens is 1. The molecule has 0 radical (unpaired) electrons. The van der Waals surface area contributed by atoms with Crippen LogP contribution in [0.3, 0.4) is 0 Å². The third-order valence-corrected chi connectivity index (χ3v) is 4.83. The van der Waals surface area contributed by atoms with Gasteiger partial charge in [0.05, 0.1) is 18.7 Å². The van der Waals surface area contributed by atoms with Gasteiger partial charge in [-0.3, -0.25) is 14.5 Å². The second-order valence-corrected chi connectivity index (χ2v) is 6.89. The van der Waals surface area contributed by atoms with Gasteiger partial charge in [-0.15, -0.1) is 0 Å². The van der Waals surface area contributed by atoms with Gasteiger partial charge >= 0.3 is 0 Å². The number of benzene rings is 1. The zero-order valence-corrected chi connectivity index (χ0v) is 15.2. The van der Waals surface area contributed by atoms with Gasteiger partial charge in [-0.1, -0.05) is 25.3 Å². The van der Waals surface area contributed by atoms with Gasteiger partial charge in [0, 0.05) is 5.69 Å². The van der Waals surface area contributed by atoms with Gasteiger partial charge in [0.1, 0.15) is 11.4 Å². The lowest BCUT2D eigenvalue weighted by Gasteiger charge is -2.34. The topological polar surface area (TPSA) is 85.2 Å². The van der Waals surface area contributed by atoms with Crippen LogP contribution in [0.5, 0.6) is 0 Å². The lowest BCUT2D eigenvalue weighted by Crippen LogP contribution is -2.55. The van der Waals surface area contributed by atoms with Crippen LogP contribution in [-0.2, 0) is 9.59 Å². The average Bonchev–Trinajstić information content (AvgIpc) is 2.61. The van der Waals surface area contributed by atoms with Crippen molar-refractivity contribution in [3.63, 3.8) is 0 Å².